The lowest BCUT2D eigenvalue weighted by molar-refractivity contribution is -0.125. The van der Waals surface area contributed by atoms with Crippen molar-refractivity contribution in [1.29, 1.82) is 5.26 Å². The highest BCUT2D eigenvalue weighted by Gasteiger charge is 2.57. The number of halogens is 3. The molecule has 0 saturated heterocycles. The van der Waals surface area contributed by atoms with Crippen molar-refractivity contribution in [2.45, 2.75) is 75.0 Å². The van der Waals surface area contributed by atoms with E-state index in [4.69, 9.17) is 28.9 Å². The smallest absolute Gasteiger partial charge is 0.270 e. The van der Waals surface area contributed by atoms with E-state index < -0.39 is 39.8 Å². The predicted octanol–water partition coefficient (Wildman–Crippen LogP) is 4.89. The molecule has 15 heteroatoms. The van der Waals surface area contributed by atoms with E-state index in [1.54, 1.807) is 37.3 Å². The first kappa shape index (κ1) is 33.6. The molecule has 1 aliphatic heterocycles. The second-order valence-electron chi connectivity index (χ2n) is 14.0. The third-order valence-corrected chi connectivity index (χ3v) is 10.2. The third-order valence-electron chi connectivity index (χ3n) is 9.65. The number of amides is 3. The number of benzene rings is 2. The molecule has 3 heterocycles. The third kappa shape index (κ3) is 5.57. The van der Waals surface area contributed by atoms with Crippen LogP contribution in [0.25, 0.3) is 0 Å². The van der Waals surface area contributed by atoms with Gasteiger partial charge in [0.25, 0.3) is 11.8 Å². The van der Waals surface area contributed by atoms with Crippen molar-refractivity contribution < 1.29 is 18.8 Å². The Labute approximate surface area is 296 Å². The van der Waals surface area contributed by atoms with Crippen molar-refractivity contribution in [2.24, 2.45) is 5.73 Å². The van der Waals surface area contributed by atoms with Crippen LogP contribution in [0.5, 0.6) is 0 Å². The second-order valence-corrected chi connectivity index (χ2v) is 14.8. The van der Waals surface area contributed by atoms with E-state index in [-0.39, 0.29) is 39.7 Å². The number of nitrogens with one attached hydrogen (secondary N) is 2. The van der Waals surface area contributed by atoms with Crippen molar-refractivity contribution in [2.75, 3.05) is 4.90 Å². The number of carbonyl (C=O) groups is 3. The number of aromatic nitrogens is 4. The molecular weight excluding hydrogens is 684 g/mol. The number of hydrogen-bond acceptors (Lipinski definition) is 8. The van der Waals surface area contributed by atoms with Crippen LogP contribution in [-0.4, -0.2) is 43.0 Å². The van der Waals surface area contributed by atoms with Gasteiger partial charge in [-0.3, -0.25) is 19.0 Å². The topological polar surface area (TPSA) is 172 Å². The largest absolute Gasteiger partial charge is 0.343 e. The van der Waals surface area contributed by atoms with Gasteiger partial charge in [0.15, 0.2) is 5.82 Å². The minimum Gasteiger partial charge on any atom is -0.343 e. The molecule has 1 atom stereocenters. The van der Waals surface area contributed by atoms with Gasteiger partial charge in [-0.2, -0.15) is 15.5 Å². The first-order chi connectivity index (χ1) is 23.6. The maximum absolute atomic E-state index is 14.4. The van der Waals surface area contributed by atoms with Crippen LogP contribution in [0.2, 0.25) is 10.0 Å². The summed E-state index contributed by atoms with van der Waals surface area (Å²) in [5, 5.41) is 23.3. The zero-order valence-electron chi connectivity index (χ0n) is 27.4. The van der Waals surface area contributed by atoms with E-state index >= 15 is 0 Å². The zero-order valence-corrected chi connectivity index (χ0v) is 28.9. The number of fused-ring (bicyclic) bond motifs is 1. The molecular formula is C35H32Cl2FN9O3. The first-order valence-corrected chi connectivity index (χ1v) is 16.7. The van der Waals surface area contributed by atoms with Crippen LogP contribution >= 0.6 is 23.2 Å². The van der Waals surface area contributed by atoms with Crippen molar-refractivity contribution in [3.05, 3.63) is 98.8 Å². The van der Waals surface area contributed by atoms with Gasteiger partial charge in [-0.15, -0.1) is 0 Å². The maximum Gasteiger partial charge on any atom is 0.270 e. The maximum atomic E-state index is 14.4. The number of anilines is 2. The predicted molar refractivity (Wildman–Crippen MR) is 182 cm³/mol. The van der Waals surface area contributed by atoms with Crippen LogP contribution in [0.1, 0.15) is 79.5 Å². The summed E-state index contributed by atoms with van der Waals surface area (Å²) >= 11 is 12.2. The van der Waals surface area contributed by atoms with Crippen LogP contribution in [0, 0.1) is 17.1 Å². The molecule has 4 N–H and O–H groups in total. The molecule has 2 aromatic heterocycles. The Hall–Kier alpha value is -4.90. The van der Waals surface area contributed by atoms with Crippen molar-refractivity contribution >= 4 is 52.6 Å². The lowest BCUT2D eigenvalue weighted by Gasteiger charge is -2.27. The van der Waals surface area contributed by atoms with Gasteiger partial charge < -0.3 is 16.4 Å². The molecule has 0 spiro atoms. The van der Waals surface area contributed by atoms with Crippen LogP contribution in [0.4, 0.5) is 16.0 Å². The Morgan fingerprint density at radius 1 is 1.04 bits per heavy atom. The number of nitrogens with two attached hydrogens (primary N) is 1. The standard InChI is InChI=1S/C35H32Cl2FN9O3/c1-32(2,40)25-8-9-26(45-44-25)34(10-11-34)43-29(49)35(12-13-35)42-28(48)24-18-41-31-46(21-14-22(36)27(38)23(37)15-21)30(50)33(3,47(24)31)16-19-4-6-20(17-39)7-5-19/h4-9,14-15,18H,10-13,16,40H2,1-3H3,(H,42,48)(H,43,49)/t33-/m1/s1. The molecule has 7 rings (SSSR count). The van der Waals surface area contributed by atoms with Crippen molar-refractivity contribution in [3.63, 3.8) is 0 Å². The summed E-state index contributed by atoms with van der Waals surface area (Å²) in [6, 6.07) is 15.0. The second kappa shape index (κ2) is 11.6. The summed E-state index contributed by atoms with van der Waals surface area (Å²) in [4.78, 5) is 47.9. The van der Waals surface area contributed by atoms with Gasteiger partial charge >= 0.3 is 0 Å². The average molecular weight is 717 g/mol. The molecule has 50 heavy (non-hydrogen) atoms. The molecule has 2 fully saturated rings. The number of rotatable bonds is 9. The molecule has 256 valence electrons. The normalized spacial score (nSPS) is 19.8. The van der Waals surface area contributed by atoms with Gasteiger partial charge in [0.2, 0.25) is 11.9 Å². The molecule has 2 saturated carbocycles. The summed E-state index contributed by atoms with van der Waals surface area (Å²) < 4.78 is 15.9. The molecule has 0 unspecified atom stereocenters. The Morgan fingerprint density at radius 3 is 2.24 bits per heavy atom. The molecule has 3 aliphatic rings. The number of nitrogens with zero attached hydrogens (tertiary/aromatic N) is 6. The minimum absolute atomic E-state index is 0.0392. The van der Waals surface area contributed by atoms with Gasteiger partial charge in [-0.1, -0.05) is 35.3 Å². The van der Waals surface area contributed by atoms with Gasteiger partial charge in [-0.05, 0) is 88.4 Å². The highest BCUT2D eigenvalue weighted by atomic mass is 35.5. The lowest BCUT2D eigenvalue weighted by Crippen LogP contribution is -2.52. The van der Waals surface area contributed by atoms with Crippen LogP contribution in [0.3, 0.4) is 0 Å². The van der Waals surface area contributed by atoms with Crippen molar-refractivity contribution in [1.82, 2.24) is 30.4 Å². The monoisotopic (exact) mass is 715 g/mol. The molecule has 0 bridgehead atoms. The molecule has 3 amide bonds. The van der Waals surface area contributed by atoms with Gasteiger partial charge in [0, 0.05) is 6.42 Å². The van der Waals surface area contributed by atoms with E-state index in [2.05, 4.69) is 31.9 Å². The number of hydrogen-bond donors (Lipinski definition) is 3. The van der Waals surface area contributed by atoms with E-state index in [1.165, 1.54) is 27.8 Å². The Kier molecular flexibility index (Phi) is 7.78. The fraction of sp³-hybridized carbons (Fsp3) is 0.343. The van der Waals surface area contributed by atoms with Crippen LogP contribution in [0.15, 0.2) is 54.7 Å². The fourth-order valence-electron chi connectivity index (χ4n) is 6.38. The van der Waals surface area contributed by atoms with Gasteiger partial charge in [-0.25, -0.2) is 14.3 Å². The molecule has 12 nitrogen and oxygen atoms in total. The summed E-state index contributed by atoms with van der Waals surface area (Å²) in [6.07, 6.45) is 3.60. The van der Waals surface area contributed by atoms with Gasteiger partial charge in [0.05, 0.1) is 56.0 Å². The lowest BCUT2D eigenvalue weighted by atomic mass is 9.91. The molecule has 4 aromatic rings. The summed E-state index contributed by atoms with van der Waals surface area (Å²) in [5.41, 5.74) is 4.80. The fourth-order valence-corrected chi connectivity index (χ4v) is 6.86. The molecule has 0 radical (unpaired) electrons. The van der Waals surface area contributed by atoms with E-state index in [0.29, 0.717) is 48.2 Å². The van der Waals surface area contributed by atoms with Crippen LogP contribution in [-0.2, 0) is 32.6 Å². The zero-order chi connectivity index (χ0) is 35.8. The molecule has 2 aromatic carbocycles. The summed E-state index contributed by atoms with van der Waals surface area (Å²) in [6.45, 7) is 5.33. The number of nitriles is 1. The van der Waals surface area contributed by atoms with Crippen LogP contribution < -0.4 is 21.3 Å². The highest BCUT2D eigenvalue weighted by Crippen LogP contribution is 2.48. The SMILES string of the molecule is CC(C)(N)c1ccc(C2(NC(=O)C3(NC(=O)c4cnc5n4[C@](C)(Cc4ccc(C#N)cc4)C(=O)N5c4cc(Cl)c(F)c(Cl)c4)CC3)CC2)nn1. The summed E-state index contributed by atoms with van der Waals surface area (Å²) in [5.74, 6) is -2.17. The average Bonchev–Trinajstić information content (AvgIpc) is 3.98. The highest BCUT2D eigenvalue weighted by molar-refractivity contribution is 6.35. The van der Waals surface area contributed by atoms with E-state index in [9.17, 15) is 24.0 Å². The van der Waals surface area contributed by atoms with Gasteiger partial charge in [0.1, 0.15) is 16.8 Å². The van der Waals surface area contributed by atoms with Crippen molar-refractivity contribution in [3.8, 4) is 6.07 Å². The summed E-state index contributed by atoms with van der Waals surface area (Å²) in [7, 11) is 0. The minimum atomic E-state index is -1.42. The van der Waals surface area contributed by atoms with E-state index in [1.807, 2.05) is 19.9 Å². The molecule has 2 aliphatic carbocycles. The Bertz CT molecular complexity index is 2090. The number of imidazole rings is 1. The Morgan fingerprint density at radius 2 is 1.70 bits per heavy atom. The van der Waals surface area contributed by atoms with E-state index in [0.717, 1.165) is 0 Å². The Balaban J connectivity index is 1.19. The first-order valence-electron chi connectivity index (χ1n) is 16.0. The number of carbonyl (C=O) groups excluding carboxylic acids is 3. The quantitative estimate of drug-likeness (QED) is 0.206.